The molecule has 1 unspecified atom stereocenters. The Morgan fingerprint density at radius 2 is 1.97 bits per heavy atom. The Morgan fingerprint density at radius 1 is 1.21 bits per heavy atom. The minimum atomic E-state index is -0.726. The summed E-state index contributed by atoms with van der Waals surface area (Å²) in [5, 5.41) is 6.77. The number of carbonyl (C=O) groups excluding carboxylic acids is 1. The van der Waals surface area contributed by atoms with E-state index >= 15 is 0 Å². The van der Waals surface area contributed by atoms with E-state index in [2.05, 4.69) is 10.5 Å². The Hall–Kier alpha value is -3.03. The molecule has 0 radical (unpaired) electrons. The van der Waals surface area contributed by atoms with Gasteiger partial charge in [0.15, 0.2) is 6.10 Å². The molecule has 2 aromatic carbocycles. The molecule has 0 saturated carbocycles. The third kappa shape index (κ3) is 5.49. The van der Waals surface area contributed by atoms with Crippen LogP contribution in [0.15, 0.2) is 47.6 Å². The Kier molecular flexibility index (Phi) is 6.41. The van der Waals surface area contributed by atoms with Crippen molar-refractivity contribution in [3.8, 4) is 0 Å². The van der Waals surface area contributed by atoms with E-state index in [-0.39, 0.29) is 30.5 Å². The van der Waals surface area contributed by atoms with Gasteiger partial charge in [-0.15, -0.1) is 0 Å². The lowest BCUT2D eigenvalue weighted by Crippen LogP contribution is -2.45. The highest BCUT2D eigenvalue weighted by Gasteiger charge is 2.27. The molecule has 2 aromatic rings. The summed E-state index contributed by atoms with van der Waals surface area (Å²) in [6.07, 6.45) is -0.0874. The minimum absolute atomic E-state index is 0.0557. The third-order valence-corrected chi connectivity index (χ3v) is 4.39. The third-order valence-electron chi connectivity index (χ3n) is 4.39. The molecule has 5 nitrogen and oxygen atoms in total. The molecular formula is C21H22F3N3O2. The van der Waals surface area contributed by atoms with E-state index in [9.17, 15) is 18.0 Å². The normalized spacial score (nSPS) is 15.8. The van der Waals surface area contributed by atoms with Gasteiger partial charge in [0.05, 0.1) is 18.8 Å². The van der Waals surface area contributed by atoms with E-state index in [0.717, 1.165) is 12.1 Å². The number of carbonyl (C=O) groups is 1. The summed E-state index contributed by atoms with van der Waals surface area (Å²) in [5.41, 5.74) is 1.37. The average molecular weight is 405 g/mol. The number of halogens is 3. The van der Waals surface area contributed by atoms with Crippen molar-refractivity contribution < 1.29 is 22.8 Å². The number of hydrogen-bond donors (Lipinski definition) is 1. The highest BCUT2D eigenvalue weighted by molar-refractivity contribution is 6.01. The first-order valence-electron chi connectivity index (χ1n) is 9.30. The average Bonchev–Trinajstić information content (AvgIpc) is 3.11. The standard InChI is InChI=1S/C21H22F3N3O2/c1-13(2)25-21(28)27(11-15-6-7-17(23)9-19(15)24)12-18-10-20(26-29-18)14-4-3-5-16(22)8-14/h3-9,13,18H,10-12H2,1-2H3,(H,25,28). The summed E-state index contributed by atoms with van der Waals surface area (Å²) in [5.74, 6) is -1.79. The van der Waals surface area contributed by atoms with Gasteiger partial charge in [0.2, 0.25) is 0 Å². The predicted molar refractivity (Wildman–Crippen MR) is 103 cm³/mol. The van der Waals surface area contributed by atoms with E-state index in [1.54, 1.807) is 12.1 Å². The number of urea groups is 1. The minimum Gasteiger partial charge on any atom is -0.390 e. The van der Waals surface area contributed by atoms with Crippen LogP contribution in [0.1, 0.15) is 31.4 Å². The number of benzene rings is 2. The molecule has 0 saturated heterocycles. The van der Waals surface area contributed by atoms with Crippen LogP contribution in [0, 0.1) is 17.5 Å². The molecule has 154 valence electrons. The Labute approximate surface area is 167 Å². The van der Waals surface area contributed by atoms with Crippen molar-refractivity contribution in [2.75, 3.05) is 6.54 Å². The Morgan fingerprint density at radius 3 is 2.66 bits per heavy atom. The number of nitrogens with one attached hydrogen (secondary N) is 1. The molecule has 1 heterocycles. The molecule has 1 atom stereocenters. The quantitative estimate of drug-likeness (QED) is 0.783. The molecule has 3 rings (SSSR count). The van der Waals surface area contributed by atoms with E-state index in [1.165, 1.54) is 23.1 Å². The first kappa shape index (κ1) is 20.7. The number of nitrogens with zero attached hydrogens (tertiary/aromatic N) is 2. The lowest BCUT2D eigenvalue weighted by molar-refractivity contribution is 0.0584. The second kappa shape index (κ2) is 8.98. The van der Waals surface area contributed by atoms with Gasteiger partial charge in [-0.1, -0.05) is 23.4 Å². The fourth-order valence-corrected chi connectivity index (χ4v) is 3.02. The van der Waals surface area contributed by atoms with Crippen LogP contribution >= 0.6 is 0 Å². The summed E-state index contributed by atoms with van der Waals surface area (Å²) < 4.78 is 40.7. The maximum atomic E-state index is 14.1. The van der Waals surface area contributed by atoms with Crippen LogP contribution in [0.2, 0.25) is 0 Å². The van der Waals surface area contributed by atoms with Crippen LogP contribution in [-0.4, -0.2) is 35.3 Å². The van der Waals surface area contributed by atoms with Crippen LogP contribution in [0.4, 0.5) is 18.0 Å². The lowest BCUT2D eigenvalue weighted by atomic mass is 10.0. The van der Waals surface area contributed by atoms with Gasteiger partial charge < -0.3 is 15.1 Å². The number of hydrogen-bond acceptors (Lipinski definition) is 3. The van der Waals surface area contributed by atoms with Crippen molar-refractivity contribution >= 4 is 11.7 Å². The maximum absolute atomic E-state index is 14.1. The van der Waals surface area contributed by atoms with Gasteiger partial charge in [0.1, 0.15) is 17.5 Å². The van der Waals surface area contributed by atoms with Crippen LogP contribution in [-0.2, 0) is 11.4 Å². The summed E-state index contributed by atoms with van der Waals surface area (Å²) in [6, 6.07) is 8.74. The van der Waals surface area contributed by atoms with Crippen molar-refractivity contribution in [1.82, 2.24) is 10.2 Å². The Balaban J connectivity index is 1.71. The van der Waals surface area contributed by atoms with Crippen molar-refractivity contribution in [1.29, 1.82) is 0 Å². The van der Waals surface area contributed by atoms with Crippen molar-refractivity contribution in [2.24, 2.45) is 5.16 Å². The zero-order chi connectivity index (χ0) is 21.0. The molecular weight excluding hydrogens is 383 g/mol. The molecule has 1 aliphatic heterocycles. The number of oxime groups is 1. The van der Waals surface area contributed by atoms with E-state index in [4.69, 9.17) is 4.84 Å². The smallest absolute Gasteiger partial charge is 0.318 e. The topological polar surface area (TPSA) is 53.9 Å². The second-order valence-corrected chi connectivity index (χ2v) is 7.20. The molecule has 0 spiro atoms. The number of rotatable bonds is 6. The van der Waals surface area contributed by atoms with Gasteiger partial charge in [-0.25, -0.2) is 18.0 Å². The molecule has 0 aromatic heterocycles. The molecule has 0 aliphatic carbocycles. The van der Waals surface area contributed by atoms with Gasteiger partial charge in [-0.3, -0.25) is 0 Å². The monoisotopic (exact) mass is 405 g/mol. The van der Waals surface area contributed by atoms with Crippen molar-refractivity contribution in [3.63, 3.8) is 0 Å². The summed E-state index contributed by atoms with van der Waals surface area (Å²) in [4.78, 5) is 19.4. The largest absolute Gasteiger partial charge is 0.390 e. The summed E-state index contributed by atoms with van der Waals surface area (Å²) in [7, 11) is 0. The van der Waals surface area contributed by atoms with E-state index in [0.29, 0.717) is 17.7 Å². The van der Waals surface area contributed by atoms with E-state index in [1.807, 2.05) is 13.8 Å². The van der Waals surface area contributed by atoms with Gasteiger partial charge in [0.25, 0.3) is 0 Å². The molecule has 29 heavy (non-hydrogen) atoms. The van der Waals surface area contributed by atoms with Crippen LogP contribution < -0.4 is 5.32 Å². The van der Waals surface area contributed by atoms with Gasteiger partial charge in [-0.2, -0.15) is 0 Å². The molecule has 0 fully saturated rings. The first-order valence-corrected chi connectivity index (χ1v) is 9.30. The Bertz CT molecular complexity index is 918. The molecule has 1 aliphatic rings. The maximum Gasteiger partial charge on any atom is 0.318 e. The van der Waals surface area contributed by atoms with Crippen LogP contribution in [0.5, 0.6) is 0 Å². The molecule has 0 bridgehead atoms. The highest BCUT2D eigenvalue weighted by atomic mass is 19.1. The zero-order valence-corrected chi connectivity index (χ0v) is 16.2. The molecule has 8 heteroatoms. The zero-order valence-electron chi connectivity index (χ0n) is 16.2. The summed E-state index contributed by atoms with van der Waals surface area (Å²) >= 11 is 0. The lowest BCUT2D eigenvalue weighted by Gasteiger charge is -2.26. The second-order valence-electron chi connectivity index (χ2n) is 7.20. The highest BCUT2D eigenvalue weighted by Crippen LogP contribution is 2.20. The SMILES string of the molecule is CC(C)NC(=O)N(Cc1ccc(F)cc1F)CC1CC(c2cccc(F)c2)=NO1. The van der Waals surface area contributed by atoms with Gasteiger partial charge in [-0.05, 0) is 32.0 Å². The van der Waals surface area contributed by atoms with Crippen molar-refractivity contribution in [2.45, 2.75) is 39.0 Å². The van der Waals surface area contributed by atoms with Gasteiger partial charge in [0, 0.05) is 29.7 Å². The molecule has 1 N–H and O–H groups in total. The fourth-order valence-electron chi connectivity index (χ4n) is 3.02. The van der Waals surface area contributed by atoms with Crippen LogP contribution in [0.3, 0.4) is 0 Å². The first-order chi connectivity index (χ1) is 13.8. The summed E-state index contributed by atoms with van der Waals surface area (Å²) in [6.45, 7) is 3.70. The van der Waals surface area contributed by atoms with Gasteiger partial charge >= 0.3 is 6.03 Å². The van der Waals surface area contributed by atoms with Crippen LogP contribution in [0.25, 0.3) is 0 Å². The number of amides is 2. The molecule has 2 amide bonds. The van der Waals surface area contributed by atoms with E-state index < -0.39 is 23.8 Å². The van der Waals surface area contributed by atoms with Crippen molar-refractivity contribution in [3.05, 3.63) is 71.0 Å². The predicted octanol–water partition coefficient (Wildman–Crippen LogP) is 4.22. The fraction of sp³-hybridized carbons (Fsp3) is 0.333.